The maximum absolute atomic E-state index is 13.4. The number of ether oxygens (including phenoxy) is 2. The summed E-state index contributed by atoms with van der Waals surface area (Å²) < 4.78 is 27.8. The summed E-state index contributed by atoms with van der Waals surface area (Å²) in [5.74, 6) is 2.18. The van der Waals surface area contributed by atoms with Crippen LogP contribution in [-0.2, 0) is 10.3 Å². The standard InChI is InChI=1S/C25H30FN3O2/c1-16-21(11-14-29-22(16)27-28-23(29)20-15-24(20,2)3)31-19-9-12-25(30-4,13-10-19)17-5-7-18(26)8-6-17/h5-8,11,14,19-20H,9-10,12-13,15H2,1-4H3. The lowest BCUT2D eigenvalue weighted by Crippen LogP contribution is -2.37. The van der Waals surface area contributed by atoms with Gasteiger partial charge in [0.05, 0.1) is 11.7 Å². The molecule has 164 valence electrons. The smallest absolute Gasteiger partial charge is 0.167 e. The second-order valence-corrected chi connectivity index (χ2v) is 9.82. The fraction of sp³-hybridized carbons (Fsp3) is 0.520. The number of pyridine rings is 1. The lowest BCUT2D eigenvalue weighted by molar-refractivity contribution is -0.0650. The van der Waals surface area contributed by atoms with Gasteiger partial charge in [0.15, 0.2) is 5.65 Å². The first-order valence-corrected chi connectivity index (χ1v) is 11.1. The summed E-state index contributed by atoms with van der Waals surface area (Å²) in [5.41, 5.74) is 2.88. The Morgan fingerprint density at radius 1 is 1.06 bits per heavy atom. The summed E-state index contributed by atoms with van der Waals surface area (Å²) in [5, 5.41) is 8.95. The van der Waals surface area contributed by atoms with Crippen molar-refractivity contribution >= 4 is 5.65 Å². The van der Waals surface area contributed by atoms with E-state index < -0.39 is 0 Å². The zero-order chi connectivity index (χ0) is 21.8. The highest BCUT2D eigenvalue weighted by Crippen LogP contribution is 2.58. The molecule has 5 rings (SSSR count). The normalized spacial score (nSPS) is 27.4. The van der Waals surface area contributed by atoms with E-state index in [0.717, 1.165) is 60.5 Å². The van der Waals surface area contributed by atoms with Crippen molar-refractivity contribution in [1.29, 1.82) is 0 Å². The molecule has 5 nitrogen and oxygen atoms in total. The summed E-state index contributed by atoms with van der Waals surface area (Å²) in [7, 11) is 1.74. The minimum Gasteiger partial charge on any atom is -0.490 e. The van der Waals surface area contributed by atoms with Crippen LogP contribution < -0.4 is 4.74 Å². The highest BCUT2D eigenvalue weighted by Gasteiger charge is 2.49. The number of fused-ring (bicyclic) bond motifs is 1. The largest absolute Gasteiger partial charge is 0.490 e. The third kappa shape index (κ3) is 3.51. The number of aryl methyl sites for hydroxylation is 1. The maximum atomic E-state index is 13.4. The van der Waals surface area contributed by atoms with Crippen LogP contribution >= 0.6 is 0 Å². The maximum Gasteiger partial charge on any atom is 0.167 e. The van der Waals surface area contributed by atoms with Crippen molar-refractivity contribution in [3.8, 4) is 5.75 Å². The summed E-state index contributed by atoms with van der Waals surface area (Å²) in [6.07, 6.45) is 6.76. The van der Waals surface area contributed by atoms with E-state index in [1.54, 1.807) is 7.11 Å². The van der Waals surface area contributed by atoms with Gasteiger partial charge in [0.2, 0.25) is 0 Å². The average molecular weight is 424 g/mol. The molecule has 1 unspecified atom stereocenters. The lowest BCUT2D eigenvalue weighted by atomic mass is 9.78. The van der Waals surface area contributed by atoms with Gasteiger partial charge >= 0.3 is 0 Å². The van der Waals surface area contributed by atoms with Crippen LogP contribution in [-0.4, -0.2) is 27.8 Å². The van der Waals surface area contributed by atoms with Gasteiger partial charge in [0.1, 0.15) is 17.4 Å². The van der Waals surface area contributed by atoms with E-state index in [0.29, 0.717) is 11.3 Å². The Balaban J connectivity index is 1.31. The first kappa shape index (κ1) is 20.4. The molecular formula is C25H30FN3O2. The monoisotopic (exact) mass is 423 g/mol. The van der Waals surface area contributed by atoms with E-state index in [1.165, 1.54) is 12.1 Å². The second-order valence-electron chi connectivity index (χ2n) is 9.82. The third-order valence-corrected chi connectivity index (χ3v) is 7.42. The van der Waals surface area contributed by atoms with Crippen molar-refractivity contribution < 1.29 is 13.9 Å². The zero-order valence-electron chi connectivity index (χ0n) is 18.7. The molecule has 0 aliphatic heterocycles. The Morgan fingerprint density at radius 3 is 2.35 bits per heavy atom. The Bertz CT molecular complexity index is 1100. The molecule has 2 aromatic heterocycles. The Morgan fingerprint density at radius 2 is 1.74 bits per heavy atom. The van der Waals surface area contributed by atoms with Crippen molar-refractivity contribution in [2.75, 3.05) is 7.11 Å². The van der Waals surface area contributed by atoms with Crippen LogP contribution in [0.15, 0.2) is 36.5 Å². The van der Waals surface area contributed by atoms with Gasteiger partial charge in [-0.2, -0.15) is 0 Å². The van der Waals surface area contributed by atoms with Gasteiger partial charge in [-0.1, -0.05) is 26.0 Å². The first-order valence-electron chi connectivity index (χ1n) is 11.1. The molecule has 1 aromatic carbocycles. The molecule has 6 heteroatoms. The Hall–Kier alpha value is -2.47. The van der Waals surface area contributed by atoms with Gasteiger partial charge in [-0.05, 0) is 68.2 Å². The molecule has 2 aliphatic rings. The van der Waals surface area contributed by atoms with Gasteiger partial charge in [-0.15, -0.1) is 10.2 Å². The number of halogens is 1. The number of hydrogen-bond donors (Lipinski definition) is 0. The van der Waals surface area contributed by atoms with E-state index in [2.05, 4.69) is 35.4 Å². The highest BCUT2D eigenvalue weighted by molar-refractivity contribution is 5.54. The minimum absolute atomic E-state index is 0.120. The number of benzene rings is 1. The van der Waals surface area contributed by atoms with Crippen LogP contribution in [0.25, 0.3) is 5.65 Å². The van der Waals surface area contributed by atoms with Crippen LogP contribution in [0.5, 0.6) is 5.75 Å². The van der Waals surface area contributed by atoms with Crippen LogP contribution in [0.2, 0.25) is 0 Å². The highest BCUT2D eigenvalue weighted by atomic mass is 19.1. The zero-order valence-corrected chi connectivity index (χ0v) is 18.7. The summed E-state index contributed by atoms with van der Waals surface area (Å²) in [4.78, 5) is 0. The molecule has 2 saturated carbocycles. The van der Waals surface area contributed by atoms with Crippen LogP contribution in [0.1, 0.15) is 68.8 Å². The molecule has 3 aromatic rings. The van der Waals surface area contributed by atoms with E-state index in [4.69, 9.17) is 9.47 Å². The Labute approximate surface area is 182 Å². The third-order valence-electron chi connectivity index (χ3n) is 7.42. The number of methoxy groups -OCH3 is 1. The fourth-order valence-electron chi connectivity index (χ4n) is 5.08. The van der Waals surface area contributed by atoms with E-state index >= 15 is 0 Å². The molecule has 0 radical (unpaired) electrons. The number of aromatic nitrogens is 3. The Kier molecular flexibility index (Phi) is 4.81. The topological polar surface area (TPSA) is 48.7 Å². The molecule has 2 aliphatic carbocycles. The molecule has 2 fully saturated rings. The van der Waals surface area contributed by atoms with Crippen LogP contribution in [0.4, 0.5) is 4.39 Å². The van der Waals surface area contributed by atoms with Crippen molar-refractivity contribution in [2.24, 2.45) is 5.41 Å². The van der Waals surface area contributed by atoms with Crippen molar-refractivity contribution in [2.45, 2.75) is 70.5 Å². The fourth-order valence-corrected chi connectivity index (χ4v) is 5.08. The van der Waals surface area contributed by atoms with E-state index in [-0.39, 0.29) is 17.5 Å². The van der Waals surface area contributed by atoms with Crippen LogP contribution in [0, 0.1) is 18.2 Å². The molecule has 31 heavy (non-hydrogen) atoms. The van der Waals surface area contributed by atoms with Gasteiger partial charge in [0.25, 0.3) is 0 Å². The van der Waals surface area contributed by atoms with Crippen LogP contribution in [0.3, 0.4) is 0 Å². The summed E-state index contributed by atoms with van der Waals surface area (Å²) in [6, 6.07) is 8.73. The SMILES string of the molecule is COC1(c2ccc(F)cc2)CCC(Oc2ccn3c(C4CC4(C)C)nnc3c2C)CC1. The molecule has 0 spiro atoms. The average Bonchev–Trinajstić information content (AvgIpc) is 3.19. The predicted octanol–water partition coefficient (Wildman–Crippen LogP) is 5.55. The van der Waals surface area contributed by atoms with E-state index in [1.807, 2.05) is 24.4 Å². The molecule has 2 heterocycles. The second kappa shape index (κ2) is 7.30. The molecule has 0 bridgehead atoms. The number of rotatable bonds is 5. The van der Waals surface area contributed by atoms with Gasteiger partial charge in [0, 0.05) is 24.8 Å². The van der Waals surface area contributed by atoms with Crippen molar-refractivity contribution in [3.05, 3.63) is 59.3 Å². The van der Waals surface area contributed by atoms with Crippen molar-refractivity contribution in [3.63, 3.8) is 0 Å². The number of hydrogen-bond acceptors (Lipinski definition) is 4. The molecule has 0 amide bonds. The summed E-state index contributed by atoms with van der Waals surface area (Å²) >= 11 is 0. The molecule has 0 N–H and O–H groups in total. The summed E-state index contributed by atoms with van der Waals surface area (Å²) in [6.45, 7) is 6.61. The number of nitrogens with zero attached hydrogens (tertiary/aromatic N) is 3. The lowest BCUT2D eigenvalue weighted by Gasteiger charge is -2.39. The van der Waals surface area contributed by atoms with Gasteiger partial charge < -0.3 is 9.47 Å². The quantitative estimate of drug-likeness (QED) is 0.540. The minimum atomic E-state index is -0.370. The van der Waals surface area contributed by atoms with Gasteiger partial charge in [-0.3, -0.25) is 4.40 Å². The molecular weight excluding hydrogens is 393 g/mol. The molecule has 1 atom stereocenters. The van der Waals surface area contributed by atoms with E-state index in [9.17, 15) is 4.39 Å². The van der Waals surface area contributed by atoms with Gasteiger partial charge in [-0.25, -0.2) is 4.39 Å². The predicted molar refractivity (Wildman–Crippen MR) is 117 cm³/mol. The van der Waals surface area contributed by atoms with Crippen molar-refractivity contribution in [1.82, 2.24) is 14.6 Å². The first-order chi connectivity index (χ1) is 14.8. The molecule has 0 saturated heterocycles.